The number of ether oxygens (including phenoxy) is 4. The van der Waals surface area contributed by atoms with Crippen molar-refractivity contribution in [2.24, 2.45) is 0 Å². The first-order valence-corrected chi connectivity index (χ1v) is 11.1. The molecule has 2 fully saturated rings. The van der Waals surface area contributed by atoms with Crippen LogP contribution in [0.1, 0.15) is 25.0 Å². The number of carbonyl (C=O) groups excluding carboxylic acids is 1. The Balaban J connectivity index is 1.72. The fourth-order valence-corrected chi connectivity index (χ4v) is 4.89. The summed E-state index contributed by atoms with van der Waals surface area (Å²) in [5, 5.41) is 12.2. The summed E-state index contributed by atoms with van der Waals surface area (Å²) < 4.78 is 22.7. The van der Waals surface area contributed by atoms with Crippen molar-refractivity contribution in [1.82, 2.24) is 10.2 Å². The largest absolute Gasteiger partial charge is 0.497 e. The third-order valence-electron chi connectivity index (χ3n) is 6.36. The Kier molecular flexibility index (Phi) is 6.42. The average Bonchev–Trinajstić information content (AvgIpc) is 3.17. The Bertz CT molecular complexity index is 1060. The molecule has 2 aromatic rings. The third kappa shape index (κ3) is 4.41. The highest BCUT2D eigenvalue weighted by atomic mass is 16.7. The molecule has 0 aliphatic carbocycles. The zero-order valence-electron chi connectivity index (χ0n) is 19.7. The van der Waals surface area contributed by atoms with Crippen LogP contribution in [0.3, 0.4) is 0 Å². The van der Waals surface area contributed by atoms with Crippen LogP contribution in [0.2, 0.25) is 0 Å². The van der Waals surface area contributed by atoms with Crippen LogP contribution in [0.5, 0.6) is 11.5 Å². The lowest BCUT2D eigenvalue weighted by molar-refractivity contribution is -0.187. The number of hydrogen-bond donors (Lipinski definition) is 2. The van der Waals surface area contributed by atoms with Gasteiger partial charge in [0.2, 0.25) is 0 Å². The number of nitrogens with zero attached hydrogens (tertiary/aromatic N) is 1. The van der Waals surface area contributed by atoms with E-state index in [4.69, 9.17) is 18.9 Å². The second-order valence-corrected chi connectivity index (χ2v) is 8.99. The van der Waals surface area contributed by atoms with Crippen LogP contribution in [-0.2, 0) is 27.2 Å². The van der Waals surface area contributed by atoms with Crippen LogP contribution in [-0.4, -0.2) is 66.3 Å². The third-order valence-corrected chi connectivity index (χ3v) is 6.36. The molecule has 2 aliphatic heterocycles. The molecule has 2 aromatic carbocycles. The molecule has 2 saturated heterocycles. The minimum absolute atomic E-state index is 0.195. The van der Waals surface area contributed by atoms with Crippen LogP contribution in [0.4, 0.5) is 4.79 Å². The van der Waals surface area contributed by atoms with Gasteiger partial charge in [-0.05, 0) is 31.5 Å². The van der Waals surface area contributed by atoms with Crippen molar-refractivity contribution in [3.05, 3.63) is 59.7 Å². The first-order chi connectivity index (χ1) is 16.2. The van der Waals surface area contributed by atoms with Gasteiger partial charge in [0.1, 0.15) is 23.1 Å². The number of likely N-dealkylation sites (tertiary alicyclic amines) is 1. The summed E-state index contributed by atoms with van der Waals surface area (Å²) in [6.45, 7) is 4.05. The molecule has 0 saturated carbocycles. The highest BCUT2D eigenvalue weighted by Gasteiger charge is 2.65. The van der Waals surface area contributed by atoms with Gasteiger partial charge < -0.3 is 34.3 Å². The zero-order chi connectivity index (χ0) is 24.5. The van der Waals surface area contributed by atoms with Crippen molar-refractivity contribution >= 4 is 12.0 Å². The fraction of sp³-hybridized carbons (Fsp3) is 0.440. The molecule has 4 rings (SSSR count). The minimum atomic E-state index is -1.39. The first kappa shape index (κ1) is 23.8. The number of amides is 2. The van der Waals surface area contributed by atoms with Crippen LogP contribution < -0.4 is 14.8 Å². The standard InChI is InChI=1S/C25H30N2O7/c1-24(2)33-15-20(34-24)21-25(26-23(29)30,13-16-8-6-5-7-9-16)22(28)27(21)14-17-10-11-18(31-3)12-19(17)32-4/h5-12,20-21,26H,13-15H2,1-4H3,(H,29,30)/t20?,21-,25+/m1/s1. The Hall–Kier alpha value is -3.30. The summed E-state index contributed by atoms with van der Waals surface area (Å²) in [6, 6.07) is 14.1. The number of β-lactam (4-membered cyclic amide) rings is 1. The van der Waals surface area contributed by atoms with Gasteiger partial charge in [-0.25, -0.2) is 4.79 Å². The normalized spacial score (nSPS) is 25.5. The van der Waals surface area contributed by atoms with Crippen LogP contribution in [0, 0.1) is 0 Å². The molecule has 34 heavy (non-hydrogen) atoms. The van der Waals surface area contributed by atoms with Gasteiger partial charge in [0, 0.05) is 24.6 Å². The smallest absolute Gasteiger partial charge is 0.405 e. The maximum absolute atomic E-state index is 13.7. The summed E-state index contributed by atoms with van der Waals surface area (Å²) >= 11 is 0. The minimum Gasteiger partial charge on any atom is -0.497 e. The number of methoxy groups -OCH3 is 2. The van der Waals surface area contributed by atoms with Crippen LogP contribution in [0.15, 0.2) is 48.5 Å². The number of nitrogens with one attached hydrogen (secondary N) is 1. The maximum Gasteiger partial charge on any atom is 0.405 e. The molecule has 0 bridgehead atoms. The van der Waals surface area contributed by atoms with Crippen molar-refractivity contribution in [1.29, 1.82) is 0 Å². The summed E-state index contributed by atoms with van der Waals surface area (Å²) in [7, 11) is 3.12. The van der Waals surface area contributed by atoms with Crippen molar-refractivity contribution in [2.45, 2.75) is 50.3 Å². The summed E-state index contributed by atoms with van der Waals surface area (Å²) in [6.07, 6.45) is -1.60. The second kappa shape index (κ2) is 9.15. The molecular formula is C25H30N2O7. The SMILES string of the molecule is COc1ccc(CN2C(=O)[C@@](Cc3ccccc3)(NC(=O)O)[C@H]2C2COC(C)(C)O2)c(OC)c1. The monoisotopic (exact) mass is 470 g/mol. The van der Waals surface area contributed by atoms with Crippen molar-refractivity contribution in [3.8, 4) is 11.5 Å². The quantitative estimate of drug-likeness (QED) is 0.572. The van der Waals surface area contributed by atoms with E-state index in [1.54, 1.807) is 45.1 Å². The summed E-state index contributed by atoms with van der Waals surface area (Å²) in [5.41, 5.74) is 0.222. The van der Waals surface area contributed by atoms with E-state index in [1.165, 1.54) is 0 Å². The topological polar surface area (TPSA) is 107 Å². The lowest BCUT2D eigenvalue weighted by atomic mass is 9.71. The second-order valence-electron chi connectivity index (χ2n) is 8.99. The van der Waals surface area contributed by atoms with Crippen molar-refractivity contribution < 1.29 is 33.6 Å². The van der Waals surface area contributed by atoms with Crippen molar-refractivity contribution in [2.75, 3.05) is 20.8 Å². The molecule has 2 N–H and O–H groups in total. The lowest BCUT2D eigenvalue weighted by Crippen LogP contribution is -2.83. The molecule has 3 atom stereocenters. The predicted molar refractivity (Wildman–Crippen MR) is 123 cm³/mol. The molecule has 2 amide bonds. The molecule has 9 nitrogen and oxygen atoms in total. The molecule has 9 heteroatoms. The molecule has 0 aromatic heterocycles. The fourth-order valence-electron chi connectivity index (χ4n) is 4.89. The Morgan fingerprint density at radius 1 is 1.18 bits per heavy atom. The van der Waals surface area contributed by atoms with E-state index in [9.17, 15) is 14.7 Å². The van der Waals surface area contributed by atoms with Gasteiger partial charge in [-0.2, -0.15) is 0 Å². The molecular weight excluding hydrogens is 440 g/mol. The first-order valence-electron chi connectivity index (χ1n) is 11.1. The predicted octanol–water partition coefficient (Wildman–Crippen LogP) is 2.82. The van der Waals surface area contributed by atoms with Gasteiger partial charge in [-0.3, -0.25) is 4.79 Å². The van der Waals surface area contributed by atoms with Gasteiger partial charge >= 0.3 is 6.09 Å². The van der Waals surface area contributed by atoms with Gasteiger partial charge in [0.15, 0.2) is 5.79 Å². The molecule has 182 valence electrons. The van der Waals surface area contributed by atoms with E-state index >= 15 is 0 Å². The Morgan fingerprint density at radius 3 is 2.50 bits per heavy atom. The van der Waals surface area contributed by atoms with Gasteiger partial charge in [-0.15, -0.1) is 0 Å². The van der Waals surface area contributed by atoms with Crippen LogP contribution >= 0.6 is 0 Å². The number of benzene rings is 2. The number of carbonyl (C=O) groups is 2. The number of carboxylic acid groups (broad SMARTS) is 1. The summed E-state index contributed by atoms with van der Waals surface area (Å²) in [5.74, 6) is 0.0397. The van der Waals surface area contributed by atoms with E-state index in [-0.39, 0.29) is 25.5 Å². The molecule has 0 spiro atoms. The van der Waals surface area contributed by atoms with Crippen molar-refractivity contribution in [3.63, 3.8) is 0 Å². The highest BCUT2D eigenvalue weighted by Crippen LogP contribution is 2.42. The average molecular weight is 471 g/mol. The van der Waals surface area contributed by atoms with Gasteiger partial charge in [0.05, 0.1) is 26.9 Å². The highest BCUT2D eigenvalue weighted by molar-refractivity contribution is 5.97. The molecule has 2 heterocycles. The van der Waals surface area contributed by atoms with Gasteiger partial charge in [0.25, 0.3) is 5.91 Å². The molecule has 0 radical (unpaired) electrons. The maximum atomic E-state index is 13.7. The molecule has 2 aliphatic rings. The van der Waals surface area contributed by atoms with E-state index in [0.29, 0.717) is 11.5 Å². The van der Waals surface area contributed by atoms with E-state index in [1.807, 2.05) is 36.4 Å². The Morgan fingerprint density at radius 2 is 1.91 bits per heavy atom. The number of hydrogen-bond acceptors (Lipinski definition) is 6. The number of rotatable bonds is 8. The van der Waals surface area contributed by atoms with Gasteiger partial charge in [-0.1, -0.05) is 30.3 Å². The summed E-state index contributed by atoms with van der Waals surface area (Å²) in [4.78, 5) is 27.2. The zero-order valence-corrected chi connectivity index (χ0v) is 19.7. The lowest BCUT2D eigenvalue weighted by Gasteiger charge is -2.57. The van der Waals surface area contributed by atoms with E-state index < -0.39 is 29.6 Å². The van der Waals surface area contributed by atoms with Crippen LogP contribution in [0.25, 0.3) is 0 Å². The van der Waals surface area contributed by atoms with E-state index in [0.717, 1.165) is 11.1 Å². The Labute approximate surface area is 198 Å². The molecule has 1 unspecified atom stereocenters. The van der Waals surface area contributed by atoms with E-state index in [2.05, 4.69) is 5.32 Å².